The Morgan fingerprint density at radius 2 is 1.88 bits per heavy atom. The van der Waals surface area contributed by atoms with E-state index in [0.717, 1.165) is 11.3 Å². The van der Waals surface area contributed by atoms with Crippen LogP contribution in [0.25, 0.3) is 0 Å². The number of nitrogens with one attached hydrogen (secondary N) is 1. The van der Waals surface area contributed by atoms with Crippen LogP contribution in [0.3, 0.4) is 0 Å². The van der Waals surface area contributed by atoms with Gasteiger partial charge in [-0.1, -0.05) is 24.3 Å². The monoisotopic (exact) mass is 377 g/mol. The van der Waals surface area contributed by atoms with Gasteiger partial charge in [-0.3, -0.25) is 0 Å². The summed E-state index contributed by atoms with van der Waals surface area (Å²) in [5.41, 5.74) is 1.24. The molecule has 0 unspecified atom stereocenters. The summed E-state index contributed by atoms with van der Waals surface area (Å²) in [6, 6.07) is 13.5. The Balaban J connectivity index is 1.96. The van der Waals surface area contributed by atoms with Gasteiger partial charge in [-0.25, -0.2) is 17.9 Å². The van der Waals surface area contributed by atoms with Crippen molar-refractivity contribution in [2.45, 2.75) is 24.7 Å². The van der Waals surface area contributed by atoms with Crippen LogP contribution >= 0.6 is 0 Å². The van der Waals surface area contributed by atoms with Crippen LogP contribution < -0.4 is 9.46 Å². The zero-order chi connectivity index (χ0) is 19.0. The van der Waals surface area contributed by atoms with Crippen molar-refractivity contribution in [1.29, 1.82) is 0 Å². The first kappa shape index (κ1) is 19.9. The number of methoxy groups -OCH3 is 1. The fourth-order valence-corrected chi connectivity index (χ4v) is 3.60. The molecule has 0 saturated carbocycles. The molecule has 0 aromatic heterocycles. The van der Waals surface area contributed by atoms with Gasteiger partial charge in [-0.05, 0) is 49.6 Å². The van der Waals surface area contributed by atoms with Gasteiger partial charge >= 0.3 is 5.97 Å². The van der Waals surface area contributed by atoms with Crippen molar-refractivity contribution < 1.29 is 22.7 Å². The average molecular weight is 377 g/mol. The number of aryl methyl sites for hydroxylation is 1. The predicted molar refractivity (Wildman–Crippen MR) is 98.9 cm³/mol. The van der Waals surface area contributed by atoms with E-state index >= 15 is 0 Å². The average Bonchev–Trinajstić information content (AvgIpc) is 2.66. The van der Waals surface area contributed by atoms with E-state index in [0.29, 0.717) is 19.4 Å². The highest BCUT2D eigenvalue weighted by molar-refractivity contribution is 7.89. The Kier molecular flexibility index (Phi) is 7.17. The van der Waals surface area contributed by atoms with Crippen molar-refractivity contribution in [1.82, 2.24) is 4.72 Å². The summed E-state index contributed by atoms with van der Waals surface area (Å²) in [4.78, 5) is 11.6. The molecule has 0 aliphatic heterocycles. The van der Waals surface area contributed by atoms with Crippen LogP contribution in [0.5, 0.6) is 5.75 Å². The van der Waals surface area contributed by atoms with Crippen LogP contribution in [0.2, 0.25) is 0 Å². The van der Waals surface area contributed by atoms with Crippen LogP contribution in [0, 0.1) is 0 Å². The minimum Gasteiger partial charge on any atom is -0.494 e. The Hall–Kier alpha value is -2.38. The zero-order valence-corrected chi connectivity index (χ0v) is 15.7. The number of rotatable bonds is 9. The van der Waals surface area contributed by atoms with Gasteiger partial charge < -0.3 is 9.47 Å². The van der Waals surface area contributed by atoms with Crippen LogP contribution in [-0.4, -0.2) is 34.6 Å². The van der Waals surface area contributed by atoms with E-state index in [4.69, 9.17) is 4.74 Å². The van der Waals surface area contributed by atoms with Gasteiger partial charge in [0.15, 0.2) is 0 Å². The molecule has 0 saturated heterocycles. The summed E-state index contributed by atoms with van der Waals surface area (Å²) in [5.74, 6) is 0.248. The SMILES string of the molecule is CCOc1ccccc1CCCNS(=O)(=O)c1cccc(C(=O)OC)c1. The first-order valence-corrected chi connectivity index (χ1v) is 9.85. The van der Waals surface area contributed by atoms with Crippen LogP contribution in [0.15, 0.2) is 53.4 Å². The fraction of sp³-hybridized carbons (Fsp3) is 0.316. The van der Waals surface area contributed by atoms with Crippen LogP contribution in [-0.2, 0) is 21.2 Å². The van der Waals surface area contributed by atoms with Crippen LogP contribution in [0.4, 0.5) is 0 Å². The second kappa shape index (κ2) is 9.35. The van der Waals surface area contributed by atoms with Crippen molar-refractivity contribution >= 4 is 16.0 Å². The van der Waals surface area contributed by atoms with E-state index in [9.17, 15) is 13.2 Å². The minimum absolute atomic E-state index is 0.0371. The topological polar surface area (TPSA) is 81.7 Å². The molecule has 1 N–H and O–H groups in total. The van der Waals surface area contributed by atoms with Crippen molar-refractivity contribution in [2.24, 2.45) is 0 Å². The van der Waals surface area contributed by atoms with Gasteiger partial charge in [0, 0.05) is 6.54 Å². The molecule has 2 rings (SSSR count). The summed E-state index contributed by atoms with van der Waals surface area (Å²) in [7, 11) is -2.44. The summed E-state index contributed by atoms with van der Waals surface area (Å²) >= 11 is 0. The lowest BCUT2D eigenvalue weighted by molar-refractivity contribution is 0.0600. The van der Waals surface area contributed by atoms with E-state index in [1.54, 1.807) is 0 Å². The number of hydrogen-bond donors (Lipinski definition) is 1. The Bertz CT molecular complexity index is 849. The van der Waals surface area contributed by atoms with Gasteiger partial charge in [0.25, 0.3) is 0 Å². The van der Waals surface area contributed by atoms with E-state index in [-0.39, 0.29) is 17.0 Å². The molecule has 26 heavy (non-hydrogen) atoms. The number of ether oxygens (including phenoxy) is 2. The van der Waals surface area contributed by atoms with Gasteiger partial charge in [0.05, 0.1) is 24.2 Å². The van der Waals surface area contributed by atoms with Gasteiger partial charge in [-0.2, -0.15) is 0 Å². The van der Waals surface area contributed by atoms with E-state index < -0.39 is 16.0 Å². The molecule has 140 valence electrons. The molecule has 2 aromatic rings. The fourth-order valence-electron chi connectivity index (χ4n) is 2.48. The molecule has 0 spiro atoms. The Morgan fingerprint density at radius 1 is 1.12 bits per heavy atom. The van der Waals surface area contributed by atoms with Crippen molar-refractivity contribution in [3.63, 3.8) is 0 Å². The lowest BCUT2D eigenvalue weighted by Gasteiger charge is -2.11. The number of hydrogen-bond acceptors (Lipinski definition) is 5. The number of esters is 1. The number of para-hydroxylation sites is 1. The molecule has 7 heteroatoms. The normalized spacial score (nSPS) is 11.2. The molecule has 0 fully saturated rings. The summed E-state index contributed by atoms with van der Waals surface area (Å²) in [5, 5.41) is 0. The van der Waals surface area contributed by atoms with E-state index in [2.05, 4.69) is 9.46 Å². The van der Waals surface area contributed by atoms with E-state index in [1.807, 2.05) is 31.2 Å². The van der Waals surface area contributed by atoms with Gasteiger partial charge in [0.1, 0.15) is 5.75 Å². The molecule has 6 nitrogen and oxygen atoms in total. The maximum atomic E-state index is 12.4. The summed E-state index contributed by atoms with van der Waals surface area (Å²) in [6.07, 6.45) is 1.32. The number of benzene rings is 2. The van der Waals surface area contributed by atoms with Crippen molar-refractivity contribution in [2.75, 3.05) is 20.3 Å². The summed E-state index contributed by atoms with van der Waals surface area (Å²) < 4.78 is 37.5. The molecule has 0 aliphatic carbocycles. The molecule has 0 heterocycles. The Morgan fingerprint density at radius 3 is 2.62 bits per heavy atom. The lowest BCUT2D eigenvalue weighted by atomic mass is 10.1. The maximum absolute atomic E-state index is 12.4. The zero-order valence-electron chi connectivity index (χ0n) is 14.9. The first-order valence-electron chi connectivity index (χ1n) is 8.36. The highest BCUT2D eigenvalue weighted by atomic mass is 32.2. The predicted octanol–water partition coefficient (Wildman–Crippen LogP) is 2.78. The minimum atomic E-state index is -3.69. The molecular weight excluding hydrogens is 354 g/mol. The molecule has 0 radical (unpaired) electrons. The molecule has 0 amide bonds. The van der Waals surface area contributed by atoms with Gasteiger partial charge in [0.2, 0.25) is 10.0 Å². The number of sulfonamides is 1. The molecular formula is C19H23NO5S. The summed E-state index contributed by atoms with van der Waals surface area (Å²) in [6.45, 7) is 2.79. The standard InChI is InChI=1S/C19H23NO5S/c1-3-25-18-12-5-4-8-15(18)10-7-13-20-26(22,23)17-11-6-9-16(14-17)19(21)24-2/h4-6,8-9,11-12,14,20H,3,7,10,13H2,1-2H3. The third-order valence-electron chi connectivity index (χ3n) is 3.75. The maximum Gasteiger partial charge on any atom is 0.337 e. The van der Waals surface area contributed by atoms with E-state index in [1.165, 1.54) is 31.4 Å². The Labute approximate surface area is 154 Å². The highest BCUT2D eigenvalue weighted by Crippen LogP contribution is 2.19. The highest BCUT2D eigenvalue weighted by Gasteiger charge is 2.16. The number of carbonyl (C=O) groups is 1. The number of carbonyl (C=O) groups excluding carboxylic acids is 1. The quantitative estimate of drug-likeness (QED) is 0.537. The smallest absolute Gasteiger partial charge is 0.337 e. The van der Waals surface area contributed by atoms with Gasteiger partial charge in [-0.15, -0.1) is 0 Å². The lowest BCUT2D eigenvalue weighted by Crippen LogP contribution is -2.25. The third-order valence-corrected chi connectivity index (χ3v) is 5.21. The second-order valence-electron chi connectivity index (χ2n) is 5.56. The van der Waals surface area contributed by atoms with Crippen LogP contribution in [0.1, 0.15) is 29.3 Å². The second-order valence-corrected chi connectivity index (χ2v) is 7.33. The third kappa shape index (κ3) is 5.31. The van der Waals surface area contributed by atoms with Crippen molar-refractivity contribution in [3.05, 3.63) is 59.7 Å². The molecule has 0 bridgehead atoms. The molecule has 0 atom stereocenters. The molecule has 2 aromatic carbocycles. The molecule has 0 aliphatic rings. The first-order chi connectivity index (χ1) is 12.5. The van der Waals surface area contributed by atoms with Crippen molar-refractivity contribution in [3.8, 4) is 5.75 Å². The largest absolute Gasteiger partial charge is 0.494 e.